The van der Waals surface area contributed by atoms with E-state index in [0.717, 1.165) is 31.6 Å². The van der Waals surface area contributed by atoms with Gasteiger partial charge in [0.2, 0.25) is 5.95 Å². The Morgan fingerprint density at radius 2 is 2.26 bits per heavy atom. The van der Waals surface area contributed by atoms with Gasteiger partial charge in [-0.1, -0.05) is 6.07 Å². The number of aromatic nitrogens is 2. The van der Waals surface area contributed by atoms with Gasteiger partial charge >= 0.3 is 0 Å². The molecule has 1 aromatic carbocycles. The van der Waals surface area contributed by atoms with Crippen LogP contribution in [0.3, 0.4) is 0 Å². The Hall–Kier alpha value is -2.34. The second-order valence-electron chi connectivity index (χ2n) is 5.66. The molecule has 1 unspecified atom stereocenters. The maximum atomic E-state index is 10.3. The molecule has 1 aliphatic heterocycles. The summed E-state index contributed by atoms with van der Waals surface area (Å²) in [5, 5.41) is 13.6. The molecule has 2 aromatic rings. The van der Waals surface area contributed by atoms with Crippen molar-refractivity contribution in [3.63, 3.8) is 0 Å². The van der Waals surface area contributed by atoms with Crippen LogP contribution in [0.5, 0.6) is 11.5 Å². The third-order valence-electron chi connectivity index (χ3n) is 4.04. The van der Waals surface area contributed by atoms with E-state index in [1.807, 2.05) is 19.1 Å². The number of hydrogen-bond acceptors (Lipinski definition) is 6. The number of nitrogens with one attached hydrogen (secondary N) is 1. The fourth-order valence-electron chi connectivity index (χ4n) is 2.98. The van der Waals surface area contributed by atoms with Crippen LogP contribution in [-0.4, -0.2) is 34.8 Å². The number of hydrogen-bond donors (Lipinski definition) is 3. The Morgan fingerprint density at radius 3 is 3.00 bits per heavy atom. The number of benzene rings is 1. The first-order valence-electron chi connectivity index (χ1n) is 7.99. The van der Waals surface area contributed by atoms with Crippen LogP contribution in [0, 0.1) is 0 Å². The number of nitrogen functional groups attached to an aromatic ring is 1. The van der Waals surface area contributed by atoms with E-state index in [1.54, 1.807) is 12.1 Å². The minimum atomic E-state index is 0.127. The van der Waals surface area contributed by atoms with Gasteiger partial charge < -0.3 is 20.9 Å². The third-order valence-corrected chi connectivity index (χ3v) is 4.04. The molecule has 4 N–H and O–H groups in total. The van der Waals surface area contributed by atoms with Gasteiger partial charge in [-0.25, -0.2) is 9.97 Å². The number of aromatic hydroxyl groups is 1. The molecule has 23 heavy (non-hydrogen) atoms. The maximum Gasteiger partial charge on any atom is 0.220 e. The first kappa shape index (κ1) is 15.6. The number of rotatable bonds is 4. The predicted octanol–water partition coefficient (Wildman–Crippen LogP) is 2.30. The van der Waals surface area contributed by atoms with Crippen molar-refractivity contribution in [2.45, 2.75) is 25.7 Å². The van der Waals surface area contributed by atoms with Crippen LogP contribution in [0.2, 0.25) is 0 Å². The van der Waals surface area contributed by atoms with Gasteiger partial charge in [0.15, 0.2) is 0 Å². The zero-order valence-electron chi connectivity index (χ0n) is 13.2. The van der Waals surface area contributed by atoms with Crippen LogP contribution in [-0.2, 0) is 0 Å². The molecule has 0 bridgehead atoms. The van der Waals surface area contributed by atoms with Gasteiger partial charge in [-0.15, -0.1) is 0 Å². The molecule has 3 rings (SSSR count). The summed E-state index contributed by atoms with van der Waals surface area (Å²) >= 11 is 0. The van der Waals surface area contributed by atoms with Gasteiger partial charge in [0.05, 0.1) is 23.6 Å². The number of nitrogens with zero attached hydrogens (tertiary/aromatic N) is 2. The topological polar surface area (TPSA) is 93.3 Å². The van der Waals surface area contributed by atoms with Crippen molar-refractivity contribution < 1.29 is 9.84 Å². The Morgan fingerprint density at radius 1 is 1.39 bits per heavy atom. The molecular weight excluding hydrogens is 292 g/mol. The van der Waals surface area contributed by atoms with E-state index in [0.29, 0.717) is 29.5 Å². The van der Waals surface area contributed by atoms with E-state index >= 15 is 0 Å². The largest absolute Gasteiger partial charge is 0.507 e. The molecule has 1 saturated heterocycles. The molecule has 1 fully saturated rings. The summed E-state index contributed by atoms with van der Waals surface area (Å²) in [6.45, 7) is 4.34. The summed E-state index contributed by atoms with van der Waals surface area (Å²) in [5.41, 5.74) is 7.98. The Kier molecular flexibility index (Phi) is 4.62. The third kappa shape index (κ3) is 3.37. The van der Waals surface area contributed by atoms with Gasteiger partial charge in [-0.2, -0.15) is 0 Å². The van der Waals surface area contributed by atoms with E-state index in [1.165, 1.54) is 0 Å². The summed E-state index contributed by atoms with van der Waals surface area (Å²) in [6.07, 6.45) is 2.19. The molecule has 0 aliphatic carbocycles. The van der Waals surface area contributed by atoms with Crippen molar-refractivity contribution in [1.82, 2.24) is 15.3 Å². The number of phenols is 1. The number of anilines is 1. The molecule has 122 valence electrons. The molecule has 1 aliphatic rings. The summed E-state index contributed by atoms with van der Waals surface area (Å²) in [4.78, 5) is 8.70. The fourth-order valence-corrected chi connectivity index (χ4v) is 2.98. The number of phenolic OH excluding ortho intramolecular Hbond substituents is 1. The lowest BCUT2D eigenvalue weighted by Gasteiger charge is -2.23. The number of ether oxygens (including phenoxy) is 1. The van der Waals surface area contributed by atoms with Crippen molar-refractivity contribution in [2.24, 2.45) is 0 Å². The monoisotopic (exact) mass is 314 g/mol. The van der Waals surface area contributed by atoms with Crippen LogP contribution in [0.1, 0.15) is 31.4 Å². The average molecular weight is 314 g/mol. The van der Waals surface area contributed by atoms with Crippen molar-refractivity contribution in [1.29, 1.82) is 0 Å². The molecular formula is C17H22N4O2. The smallest absolute Gasteiger partial charge is 0.220 e. The van der Waals surface area contributed by atoms with Crippen LogP contribution in [0.4, 0.5) is 5.95 Å². The number of piperidine rings is 1. The van der Waals surface area contributed by atoms with E-state index in [9.17, 15) is 5.11 Å². The second kappa shape index (κ2) is 6.83. The van der Waals surface area contributed by atoms with Gasteiger partial charge in [-0.05, 0) is 44.5 Å². The minimum Gasteiger partial charge on any atom is -0.507 e. The quantitative estimate of drug-likeness (QED) is 0.802. The zero-order chi connectivity index (χ0) is 16.2. The van der Waals surface area contributed by atoms with Crippen molar-refractivity contribution in [2.75, 3.05) is 25.4 Å². The summed E-state index contributed by atoms with van der Waals surface area (Å²) in [5.74, 6) is 1.25. The Labute approximate surface area is 135 Å². The average Bonchev–Trinajstić information content (AvgIpc) is 2.55. The molecule has 6 nitrogen and oxygen atoms in total. The predicted molar refractivity (Wildman–Crippen MR) is 89.6 cm³/mol. The normalized spacial score (nSPS) is 17.9. The van der Waals surface area contributed by atoms with Crippen LogP contribution >= 0.6 is 0 Å². The van der Waals surface area contributed by atoms with Crippen molar-refractivity contribution in [3.8, 4) is 22.8 Å². The van der Waals surface area contributed by atoms with Crippen LogP contribution in [0.25, 0.3) is 11.3 Å². The molecule has 0 saturated carbocycles. The van der Waals surface area contributed by atoms with Gasteiger partial charge in [0, 0.05) is 12.5 Å². The second-order valence-corrected chi connectivity index (χ2v) is 5.66. The molecule has 1 atom stereocenters. The highest BCUT2D eigenvalue weighted by Crippen LogP contribution is 2.38. The Bertz CT molecular complexity index is 684. The maximum absolute atomic E-state index is 10.3. The van der Waals surface area contributed by atoms with Gasteiger partial charge in [-0.3, -0.25) is 0 Å². The number of nitrogens with two attached hydrogens (primary N) is 1. The van der Waals surface area contributed by atoms with E-state index in [4.69, 9.17) is 10.5 Å². The molecule has 2 heterocycles. The lowest BCUT2D eigenvalue weighted by Crippen LogP contribution is -2.29. The summed E-state index contributed by atoms with van der Waals surface area (Å²) in [6, 6.07) is 7.10. The van der Waals surface area contributed by atoms with Crippen molar-refractivity contribution in [3.05, 3.63) is 30.0 Å². The highest BCUT2D eigenvalue weighted by Gasteiger charge is 2.20. The molecule has 0 spiro atoms. The summed E-state index contributed by atoms with van der Waals surface area (Å²) < 4.78 is 5.62. The molecule has 0 amide bonds. The molecule has 0 radical (unpaired) electrons. The fraction of sp³-hybridized carbons (Fsp3) is 0.412. The first-order chi connectivity index (χ1) is 11.2. The standard InChI is InChI=1S/C17H22N4O2/c1-2-23-15-7-3-6-14(22)16(15)13-9-12(20-17(18)21-13)11-5-4-8-19-10-11/h3,6-7,9,11,19,22H,2,4-5,8,10H2,1H3,(H2,18,20,21). The van der Waals surface area contributed by atoms with Crippen LogP contribution in [0.15, 0.2) is 24.3 Å². The van der Waals surface area contributed by atoms with Gasteiger partial charge in [0.1, 0.15) is 11.5 Å². The highest BCUT2D eigenvalue weighted by molar-refractivity contribution is 5.74. The Balaban J connectivity index is 2.05. The zero-order valence-corrected chi connectivity index (χ0v) is 13.2. The SMILES string of the molecule is CCOc1cccc(O)c1-c1cc(C2CCCNC2)nc(N)n1. The van der Waals surface area contributed by atoms with E-state index < -0.39 is 0 Å². The summed E-state index contributed by atoms with van der Waals surface area (Å²) in [7, 11) is 0. The van der Waals surface area contributed by atoms with Gasteiger partial charge in [0.25, 0.3) is 0 Å². The van der Waals surface area contributed by atoms with E-state index in [2.05, 4.69) is 15.3 Å². The highest BCUT2D eigenvalue weighted by atomic mass is 16.5. The molecule has 6 heteroatoms. The lowest BCUT2D eigenvalue weighted by atomic mass is 9.95. The van der Waals surface area contributed by atoms with Crippen LogP contribution < -0.4 is 15.8 Å². The lowest BCUT2D eigenvalue weighted by molar-refractivity contribution is 0.339. The van der Waals surface area contributed by atoms with E-state index in [-0.39, 0.29) is 11.7 Å². The van der Waals surface area contributed by atoms with Crippen molar-refractivity contribution >= 4 is 5.95 Å². The first-order valence-corrected chi connectivity index (χ1v) is 7.99. The minimum absolute atomic E-state index is 0.127. The molecule has 1 aromatic heterocycles.